The number of amides is 3. The molecule has 1 saturated heterocycles. The zero-order valence-corrected chi connectivity index (χ0v) is 14.9. The molecule has 1 N–H and O–H groups in total. The number of nitrogens with zero attached hydrogens (tertiary/aromatic N) is 1. The van der Waals surface area contributed by atoms with Crippen molar-refractivity contribution in [3.8, 4) is 0 Å². The summed E-state index contributed by atoms with van der Waals surface area (Å²) in [6.07, 6.45) is 0.0265. The Balaban J connectivity index is 1.57. The lowest BCUT2D eigenvalue weighted by Gasteiger charge is -2.14. The molecule has 5 nitrogen and oxygen atoms in total. The van der Waals surface area contributed by atoms with Crippen molar-refractivity contribution in [2.24, 2.45) is 0 Å². The lowest BCUT2D eigenvalue weighted by molar-refractivity contribution is -0.121. The second-order valence-corrected chi connectivity index (χ2v) is 7.15. The van der Waals surface area contributed by atoms with E-state index in [0.717, 1.165) is 22.2 Å². The Morgan fingerprint density at radius 2 is 1.81 bits per heavy atom. The van der Waals surface area contributed by atoms with Gasteiger partial charge in [0.2, 0.25) is 17.7 Å². The second kappa shape index (κ2) is 7.70. The van der Waals surface area contributed by atoms with Gasteiger partial charge in [0.15, 0.2) is 0 Å². The number of halogens is 1. The minimum Gasteiger partial charge on any atom is -0.325 e. The number of rotatable bonds is 5. The fraction of sp³-hybridized carbons (Fsp3) is 0.211. The molecule has 1 fully saturated rings. The maximum absolute atomic E-state index is 13.0. The SMILES string of the molecule is Cc1ccc(NC(=O)CS[C@H]2CC(=O)N(c3ccc(F)cc3)C2=O)cc1. The van der Waals surface area contributed by atoms with Crippen molar-refractivity contribution in [1.29, 1.82) is 0 Å². The normalized spacial score (nSPS) is 16.8. The lowest BCUT2D eigenvalue weighted by atomic mass is 10.2. The number of hydrogen-bond acceptors (Lipinski definition) is 4. The van der Waals surface area contributed by atoms with Gasteiger partial charge in [-0.2, -0.15) is 0 Å². The number of aryl methyl sites for hydroxylation is 1. The van der Waals surface area contributed by atoms with E-state index in [-0.39, 0.29) is 29.9 Å². The molecular formula is C19H17FN2O3S. The topological polar surface area (TPSA) is 66.5 Å². The molecule has 0 radical (unpaired) electrons. The van der Waals surface area contributed by atoms with Crippen molar-refractivity contribution in [1.82, 2.24) is 0 Å². The van der Waals surface area contributed by atoms with Crippen LogP contribution in [0.4, 0.5) is 15.8 Å². The molecule has 1 aliphatic heterocycles. The van der Waals surface area contributed by atoms with Gasteiger partial charge in [-0.1, -0.05) is 17.7 Å². The highest BCUT2D eigenvalue weighted by Crippen LogP contribution is 2.29. The number of imide groups is 1. The van der Waals surface area contributed by atoms with Crippen molar-refractivity contribution in [3.05, 3.63) is 59.9 Å². The van der Waals surface area contributed by atoms with Gasteiger partial charge in [-0.15, -0.1) is 11.8 Å². The van der Waals surface area contributed by atoms with Crippen LogP contribution in [-0.2, 0) is 14.4 Å². The molecule has 134 valence electrons. The zero-order valence-electron chi connectivity index (χ0n) is 14.1. The Morgan fingerprint density at radius 3 is 2.46 bits per heavy atom. The van der Waals surface area contributed by atoms with E-state index in [4.69, 9.17) is 0 Å². The van der Waals surface area contributed by atoms with E-state index >= 15 is 0 Å². The van der Waals surface area contributed by atoms with E-state index in [2.05, 4.69) is 5.32 Å². The van der Waals surface area contributed by atoms with Crippen LogP contribution >= 0.6 is 11.8 Å². The molecule has 3 rings (SSSR count). The Hall–Kier alpha value is -2.67. The Bertz CT molecular complexity index is 837. The van der Waals surface area contributed by atoms with Gasteiger partial charge in [-0.25, -0.2) is 9.29 Å². The van der Waals surface area contributed by atoms with Gasteiger partial charge in [0.1, 0.15) is 5.82 Å². The highest BCUT2D eigenvalue weighted by atomic mass is 32.2. The van der Waals surface area contributed by atoms with Gasteiger partial charge in [-0.05, 0) is 43.3 Å². The number of anilines is 2. The monoisotopic (exact) mass is 372 g/mol. The summed E-state index contributed by atoms with van der Waals surface area (Å²) in [6, 6.07) is 12.6. The van der Waals surface area contributed by atoms with E-state index < -0.39 is 11.1 Å². The molecule has 2 aromatic rings. The van der Waals surface area contributed by atoms with E-state index in [1.807, 2.05) is 19.1 Å². The molecule has 0 saturated carbocycles. The standard InChI is InChI=1S/C19H17FN2O3S/c1-12-2-6-14(7-3-12)21-17(23)11-26-16-10-18(24)22(19(16)25)15-8-4-13(20)5-9-15/h2-9,16H,10-11H2,1H3,(H,21,23)/t16-/m0/s1. The van der Waals surface area contributed by atoms with Crippen LogP contribution in [-0.4, -0.2) is 28.7 Å². The van der Waals surface area contributed by atoms with Crippen molar-refractivity contribution in [3.63, 3.8) is 0 Å². The summed E-state index contributed by atoms with van der Waals surface area (Å²) in [5, 5.41) is 2.14. The Morgan fingerprint density at radius 1 is 1.15 bits per heavy atom. The first-order valence-corrected chi connectivity index (χ1v) is 9.09. The summed E-state index contributed by atoms with van der Waals surface area (Å²) < 4.78 is 13.0. The van der Waals surface area contributed by atoms with Crippen LogP contribution in [0.2, 0.25) is 0 Å². The zero-order chi connectivity index (χ0) is 18.7. The minimum absolute atomic E-state index is 0.0265. The smallest absolute Gasteiger partial charge is 0.247 e. The number of benzene rings is 2. The number of thioether (sulfide) groups is 1. The third-order valence-corrected chi connectivity index (χ3v) is 5.14. The average molecular weight is 372 g/mol. The van der Waals surface area contributed by atoms with E-state index in [0.29, 0.717) is 11.4 Å². The van der Waals surface area contributed by atoms with Crippen LogP contribution in [0.25, 0.3) is 0 Å². The van der Waals surface area contributed by atoms with Crippen molar-refractivity contribution in [2.45, 2.75) is 18.6 Å². The molecule has 1 aliphatic rings. The van der Waals surface area contributed by atoms with Crippen LogP contribution in [0.5, 0.6) is 0 Å². The third kappa shape index (κ3) is 4.11. The molecule has 1 heterocycles. The van der Waals surface area contributed by atoms with Crippen LogP contribution in [0.3, 0.4) is 0 Å². The number of carbonyl (C=O) groups excluding carboxylic acids is 3. The molecule has 7 heteroatoms. The second-order valence-electron chi connectivity index (χ2n) is 5.96. The molecule has 0 aromatic heterocycles. The summed E-state index contributed by atoms with van der Waals surface area (Å²) in [6.45, 7) is 1.96. The van der Waals surface area contributed by atoms with Gasteiger partial charge >= 0.3 is 0 Å². The molecule has 0 bridgehead atoms. The fourth-order valence-electron chi connectivity index (χ4n) is 2.61. The fourth-order valence-corrected chi connectivity index (χ4v) is 3.54. The summed E-state index contributed by atoms with van der Waals surface area (Å²) in [5.74, 6) is -1.34. The van der Waals surface area contributed by atoms with Crippen LogP contribution < -0.4 is 10.2 Å². The van der Waals surface area contributed by atoms with Crippen molar-refractivity contribution < 1.29 is 18.8 Å². The number of nitrogens with one attached hydrogen (secondary N) is 1. The van der Waals surface area contributed by atoms with E-state index in [9.17, 15) is 18.8 Å². The van der Waals surface area contributed by atoms with Gasteiger partial charge in [-0.3, -0.25) is 14.4 Å². The van der Waals surface area contributed by atoms with Gasteiger partial charge in [0.05, 0.1) is 16.7 Å². The maximum atomic E-state index is 13.0. The van der Waals surface area contributed by atoms with Crippen LogP contribution in [0, 0.1) is 12.7 Å². The Kier molecular flexibility index (Phi) is 5.37. The van der Waals surface area contributed by atoms with Crippen molar-refractivity contribution >= 4 is 40.9 Å². The first-order chi connectivity index (χ1) is 12.4. The van der Waals surface area contributed by atoms with Crippen molar-refractivity contribution in [2.75, 3.05) is 16.0 Å². The highest BCUT2D eigenvalue weighted by Gasteiger charge is 2.40. The molecule has 2 aromatic carbocycles. The number of carbonyl (C=O) groups is 3. The van der Waals surface area contributed by atoms with E-state index in [1.165, 1.54) is 24.3 Å². The largest absolute Gasteiger partial charge is 0.325 e. The van der Waals surface area contributed by atoms with E-state index in [1.54, 1.807) is 12.1 Å². The summed E-state index contributed by atoms with van der Waals surface area (Å²) in [5.41, 5.74) is 2.12. The lowest BCUT2D eigenvalue weighted by Crippen LogP contribution is -2.31. The third-order valence-electron chi connectivity index (χ3n) is 3.94. The summed E-state index contributed by atoms with van der Waals surface area (Å²) in [4.78, 5) is 37.7. The first kappa shape index (κ1) is 18.1. The van der Waals surface area contributed by atoms with Crippen LogP contribution in [0.15, 0.2) is 48.5 Å². The van der Waals surface area contributed by atoms with Gasteiger partial charge in [0, 0.05) is 12.1 Å². The quantitative estimate of drug-likeness (QED) is 0.819. The highest BCUT2D eigenvalue weighted by molar-refractivity contribution is 8.01. The first-order valence-electron chi connectivity index (χ1n) is 8.04. The molecule has 0 unspecified atom stereocenters. The molecule has 3 amide bonds. The van der Waals surface area contributed by atoms with Gasteiger partial charge in [0.25, 0.3) is 0 Å². The molecule has 1 atom stereocenters. The predicted molar refractivity (Wildman–Crippen MR) is 99.6 cm³/mol. The maximum Gasteiger partial charge on any atom is 0.247 e. The summed E-state index contributed by atoms with van der Waals surface area (Å²) >= 11 is 1.13. The average Bonchev–Trinajstić information content (AvgIpc) is 2.90. The predicted octanol–water partition coefficient (Wildman–Crippen LogP) is 3.14. The Labute approximate surface area is 154 Å². The molecular weight excluding hydrogens is 355 g/mol. The number of hydrogen-bond donors (Lipinski definition) is 1. The molecule has 26 heavy (non-hydrogen) atoms. The van der Waals surface area contributed by atoms with Gasteiger partial charge < -0.3 is 5.32 Å². The minimum atomic E-state index is -0.615. The molecule has 0 aliphatic carbocycles. The summed E-state index contributed by atoms with van der Waals surface area (Å²) in [7, 11) is 0. The molecule has 0 spiro atoms. The van der Waals surface area contributed by atoms with Crippen LogP contribution in [0.1, 0.15) is 12.0 Å².